The van der Waals surface area contributed by atoms with Crippen LogP contribution >= 0.6 is 24.4 Å². The Morgan fingerprint density at radius 2 is 2.25 bits per heavy atom. The quantitative estimate of drug-likeness (QED) is 0.447. The fourth-order valence-electron chi connectivity index (χ4n) is 0.378. The molecule has 1 N–H and O–H groups in total. The van der Waals surface area contributed by atoms with Gasteiger partial charge >= 0.3 is 0 Å². The van der Waals surface area contributed by atoms with Crippen molar-refractivity contribution >= 4 is 24.4 Å². The molecule has 50 valence electrons. The number of thiol groups is 1. The monoisotopic (exact) mass is 151 g/mol. The van der Waals surface area contributed by atoms with Gasteiger partial charge in [-0.3, -0.25) is 0 Å². The third-order valence-electron chi connectivity index (χ3n) is 0.772. The highest BCUT2D eigenvalue weighted by molar-refractivity contribution is 7.98. The molecule has 0 heterocycles. The summed E-state index contributed by atoms with van der Waals surface area (Å²) in [6, 6.07) is 0. The van der Waals surface area contributed by atoms with Crippen molar-refractivity contribution in [3.8, 4) is 0 Å². The zero-order valence-electron chi connectivity index (χ0n) is 5.18. The average Bonchev–Trinajstić information content (AvgIpc) is 1.81. The van der Waals surface area contributed by atoms with Gasteiger partial charge in [-0.2, -0.15) is 24.4 Å². The molecule has 0 radical (unpaired) electrons. The Balaban J connectivity index is 2.53. The van der Waals surface area contributed by atoms with Crippen LogP contribution in [0.15, 0.2) is 0 Å². The number of rotatable bonds is 5. The Hall–Kier alpha value is 0.660. The smallest absolute Gasteiger partial charge is 0.00553 e. The molecule has 0 spiro atoms. The zero-order valence-corrected chi connectivity index (χ0v) is 6.89. The molecule has 1 nitrogen and oxygen atoms in total. The summed E-state index contributed by atoms with van der Waals surface area (Å²) in [5.41, 5.74) is 0. The maximum Gasteiger partial charge on any atom is 0.00553 e. The van der Waals surface area contributed by atoms with Crippen molar-refractivity contribution in [1.29, 1.82) is 0 Å². The van der Waals surface area contributed by atoms with Crippen molar-refractivity contribution in [2.45, 2.75) is 0 Å². The predicted molar refractivity (Wildman–Crippen MR) is 45.1 cm³/mol. The summed E-state index contributed by atoms with van der Waals surface area (Å²) >= 11 is 5.92. The Bertz CT molecular complexity index is 35.4. The van der Waals surface area contributed by atoms with Crippen LogP contribution in [0.1, 0.15) is 0 Å². The van der Waals surface area contributed by atoms with Crippen molar-refractivity contribution in [2.75, 3.05) is 30.9 Å². The molecule has 0 aromatic rings. The Kier molecular flexibility index (Phi) is 8.29. The first-order chi connectivity index (χ1) is 3.91. The largest absolute Gasteiger partial charge is 0.315 e. The van der Waals surface area contributed by atoms with Gasteiger partial charge in [0.2, 0.25) is 0 Å². The topological polar surface area (TPSA) is 12.0 Å². The molecule has 0 aliphatic carbocycles. The molecule has 0 atom stereocenters. The fourth-order valence-corrected chi connectivity index (χ4v) is 0.885. The van der Waals surface area contributed by atoms with Crippen LogP contribution in [0.2, 0.25) is 0 Å². The summed E-state index contributed by atoms with van der Waals surface area (Å²) in [6.07, 6.45) is 2.11. The number of nitrogens with one attached hydrogen (secondary N) is 1. The van der Waals surface area contributed by atoms with Crippen LogP contribution in [-0.4, -0.2) is 30.9 Å². The lowest BCUT2D eigenvalue weighted by Crippen LogP contribution is -2.19. The summed E-state index contributed by atoms with van der Waals surface area (Å²) in [7, 11) is 0. The minimum atomic E-state index is 0.939. The molecule has 0 unspecified atom stereocenters. The minimum absolute atomic E-state index is 0.939. The highest BCUT2D eigenvalue weighted by Gasteiger charge is 1.81. The van der Waals surface area contributed by atoms with Gasteiger partial charge in [0.1, 0.15) is 0 Å². The van der Waals surface area contributed by atoms with Crippen LogP contribution in [0.3, 0.4) is 0 Å². The normalized spacial score (nSPS) is 9.75. The predicted octanol–water partition coefficient (Wildman–Crippen LogP) is 0.869. The summed E-state index contributed by atoms with van der Waals surface area (Å²) < 4.78 is 0. The van der Waals surface area contributed by atoms with E-state index >= 15 is 0 Å². The lowest BCUT2D eigenvalue weighted by Gasteiger charge is -1.97. The molecule has 8 heavy (non-hydrogen) atoms. The summed E-state index contributed by atoms with van der Waals surface area (Å²) in [4.78, 5) is 0. The number of thioether (sulfide) groups is 1. The van der Waals surface area contributed by atoms with Gasteiger partial charge < -0.3 is 5.32 Å². The van der Waals surface area contributed by atoms with Crippen LogP contribution in [0.25, 0.3) is 0 Å². The molecular formula is C5H13NS2. The zero-order chi connectivity index (χ0) is 6.24. The van der Waals surface area contributed by atoms with Crippen LogP contribution in [-0.2, 0) is 0 Å². The maximum atomic E-state index is 4.05. The molecule has 0 aliphatic rings. The van der Waals surface area contributed by atoms with Gasteiger partial charge in [-0.15, -0.1) is 0 Å². The van der Waals surface area contributed by atoms with Crippen LogP contribution in [0.4, 0.5) is 0 Å². The molecule has 0 amide bonds. The molecular weight excluding hydrogens is 138 g/mol. The molecule has 0 rings (SSSR count). The second-order valence-corrected chi connectivity index (χ2v) is 2.90. The summed E-state index contributed by atoms with van der Waals surface area (Å²) in [6.45, 7) is 2.14. The van der Waals surface area contributed by atoms with Gasteiger partial charge in [0, 0.05) is 24.6 Å². The van der Waals surface area contributed by atoms with E-state index in [1.807, 2.05) is 11.8 Å². The lowest BCUT2D eigenvalue weighted by atomic mass is 10.7. The van der Waals surface area contributed by atoms with Crippen molar-refractivity contribution in [3.05, 3.63) is 0 Å². The third-order valence-corrected chi connectivity index (χ3v) is 1.61. The first kappa shape index (κ1) is 8.66. The van der Waals surface area contributed by atoms with Crippen molar-refractivity contribution in [3.63, 3.8) is 0 Å². The van der Waals surface area contributed by atoms with Gasteiger partial charge in [-0.1, -0.05) is 0 Å². The Morgan fingerprint density at radius 3 is 2.75 bits per heavy atom. The van der Waals surface area contributed by atoms with Crippen molar-refractivity contribution in [1.82, 2.24) is 5.32 Å². The van der Waals surface area contributed by atoms with E-state index in [0.29, 0.717) is 0 Å². The van der Waals surface area contributed by atoms with Gasteiger partial charge in [-0.25, -0.2) is 0 Å². The van der Waals surface area contributed by atoms with Gasteiger partial charge in [0.15, 0.2) is 0 Å². The second kappa shape index (κ2) is 7.66. The van der Waals surface area contributed by atoms with E-state index in [-0.39, 0.29) is 0 Å². The van der Waals surface area contributed by atoms with Crippen molar-refractivity contribution < 1.29 is 0 Å². The molecule has 0 aliphatic heterocycles. The first-order valence-corrected chi connectivity index (χ1v) is 4.75. The lowest BCUT2D eigenvalue weighted by molar-refractivity contribution is 0.776. The van der Waals surface area contributed by atoms with Crippen LogP contribution in [0.5, 0.6) is 0 Å². The Morgan fingerprint density at radius 1 is 1.50 bits per heavy atom. The average molecular weight is 151 g/mol. The SMILES string of the molecule is CSCCNCCS. The minimum Gasteiger partial charge on any atom is -0.315 e. The first-order valence-electron chi connectivity index (χ1n) is 2.72. The van der Waals surface area contributed by atoms with E-state index in [2.05, 4.69) is 24.2 Å². The van der Waals surface area contributed by atoms with E-state index in [1.54, 1.807) is 0 Å². The van der Waals surface area contributed by atoms with Crippen molar-refractivity contribution in [2.24, 2.45) is 0 Å². The number of hydrogen-bond acceptors (Lipinski definition) is 3. The summed E-state index contributed by atoms with van der Waals surface area (Å²) in [5, 5.41) is 3.24. The standard InChI is InChI=1S/C5H13NS2/c1-8-5-3-6-2-4-7/h6-7H,2-5H2,1H3. The Labute approximate surface area is 61.0 Å². The number of hydrogen-bond donors (Lipinski definition) is 2. The maximum absolute atomic E-state index is 4.05. The van der Waals surface area contributed by atoms with E-state index in [9.17, 15) is 0 Å². The van der Waals surface area contributed by atoms with E-state index in [1.165, 1.54) is 5.75 Å². The summed E-state index contributed by atoms with van der Waals surface area (Å²) in [5.74, 6) is 2.14. The molecule has 0 aromatic heterocycles. The van der Waals surface area contributed by atoms with Gasteiger partial charge in [0.25, 0.3) is 0 Å². The third kappa shape index (κ3) is 6.66. The second-order valence-electron chi connectivity index (χ2n) is 1.47. The highest BCUT2D eigenvalue weighted by atomic mass is 32.2. The molecule has 0 saturated carbocycles. The van der Waals surface area contributed by atoms with E-state index in [4.69, 9.17) is 0 Å². The van der Waals surface area contributed by atoms with Crippen LogP contribution in [0, 0.1) is 0 Å². The fraction of sp³-hybridized carbons (Fsp3) is 1.00. The van der Waals surface area contributed by atoms with Gasteiger partial charge in [0.05, 0.1) is 0 Å². The van der Waals surface area contributed by atoms with E-state index in [0.717, 1.165) is 18.8 Å². The molecule has 0 aromatic carbocycles. The van der Waals surface area contributed by atoms with Crippen LogP contribution < -0.4 is 5.32 Å². The van der Waals surface area contributed by atoms with Gasteiger partial charge in [-0.05, 0) is 6.26 Å². The molecule has 3 heteroatoms. The highest BCUT2D eigenvalue weighted by Crippen LogP contribution is 1.86. The molecule has 0 bridgehead atoms. The molecule has 0 fully saturated rings. The van der Waals surface area contributed by atoms with E-state index < -0.39 is 0 Å². The molecule has 0 saturated heterocycles.